The van der Waals surface area contributed by atoms with Crippen LogP contribution < -0.4 is 10.6 Å². The van der Waals surface area contributed by atoms with E-state index in [2.05, 4.69) is 26.2 Å². The van der Waals surface area contributed by atoms with Gasteiger partial charge in [-0.2, -0.15) is 13.2 Å². The third-order valence-corrected chi connectivity index (χ3v) is 3.44. The molecule has 0 fully saturated rings. The number of tetrazole rings is 1. The van der Waals surface area contributed by atoms with Gasteiger partial charge in [0.1, 0.15) is 6.33 Å². The number of rotatable bonds is 5. The predicted octanol–water partition coefficient (Wildman–Crippen LogP) is 2.73. The lowest BCUT2D eigenvalue weighted by molar-refractivity contribution is -0.137. The summed E-state index contributed by atoms with van der Waals surface area (Å²) in [5, 5.41) is 15.9. The number of carbonyl (C=O) groups excluding carboxylic acids is 1. The molecule has 0 aliphatic heterocycles. The number of halogens is 3. The van der Waals surface area contributed by atoms with Gasteiger partial charge in [-0.15, -0.1) is 5.10 Å². The predicted molar refractivity (Wildman–Crippen MR) is 87.7 cm³/mol. The smallest absolute Gasteiger partial charge is 0.376 e. The normalized spacial score (nSPS) is 11.2. The average Bonchev–Trinajstić information content (AvgIpc) is 3.15. The van der Waals surface area contributed by atoms with Crippen molar-refractivity contribution in [2.24, 2.45) is 0 Å². The van der Waals surface area contributed by atoms with Crippen molar-refractivity contribution < 1.29 is 18.0 Å². The van der Waals surface area contributed by atoms with E-state index in [-0.39, 0.29) is 12.2 Å². The van der Waals surface area contributed by atoms with Crippen LogP contribution in [0.4, 0.5) is 24.5 Å². The van der Waals surface area contributed by atoms with Gasteiger partial charge in [0.2, 0.25) is 5.91 Å². The van der Waals surface area contributed by atoms with E-state index in [1.165, 1.54) is 29.2 Å². The molecule has 2 aromatic carbocycles. The van der Waals surface area contributed by atoms with Gasteiger partial charge < -0.3 is 10.6 Å². The van der Waals surface area contributed by atoms with Gasteiger partial charge >= 0.3 is 6.18 Å². The molecule has 0 saturated heterocycles. The fourth-order valence-corrected chi connectivity index (χ4v) is 2.23. The second kappa shape index (κ2) is 7.21. The summed E-state index contributed by atoms with van der Waals surface area (Å²) in [6.45, 7) is -0.184. The lowest BCUT2D eigenvalue weighted by Crippen LogP contribution is -2.23. The third-order valence-electron chi connectivity index (χ3n) is 3.44. The molecule has 2 N–H and O–H groups in total. The van der Waals surface area contributed by atoms with E-state index in [9.17, 15) is 18.0 Å². The van der Waals surface area contributed by atoms with Crippen molar-refractivity contribution in [2.45, 2.75) is 6.18 Å². The van der Waals surface area contributed by atoms with Gasteiger partial charge in [0, 0.05) is 5.69 Å². The summed E-state index contributed by atoms with van der Waals surface area (Å²) in [6.07, 6.45) is -3.10. The van der Waals surface area contributed by atoms with Crippen LogP contribution in [0.5, 0.6) is 0 Å². The summed E-state index contributed by atoms with van der Waals surface area (Å²) < 4.78 is 40.2. The molecule has 26 heavy (non-hydrogen) atoms. The van der Waals surface area contributed by atoms with Crippen molar-refractivity contribution in [3.05, 3.63) is 60.4 Å². The number of benzene rings is 2. The molecule has 1 aromatic heterocycles. The molecule has 1 amide bonds. The molecule has 0 spiro atoms. The Bertz CT molecular complexity index is 878. The molecule has 1 heterocycles. The first-order valence-corrected chi connectivity index (χ1v) is 7.47. The minimum atomic E-state index is -4.54. The van der Waals surface area contributed by atoms with Crippen molar-refractivity contribution in [1.29, 1.82) is 0 Å². The molecular weight excluding hydrogens is 349 g/mol. The van der Waals surface area contributed by atoms with E-state index in [0.717, 1.165) is 11.8 Å². The van der Waals surface area contributed by atoms with Crippen LogP contribution in [0.1, 0.15) is 5.56 Å². The zero-order valence-corrected chi connectivity index (χ0v) is 13.2. The number of aromatic nitrogens is 4. The summed E-state index contributed by atoms with van der Waals surface area (Å²) in [5.74, 6) is -0.591. The number of alkyl halides is 3. The zero-order valence-electron chi connectivity index (χ0n) is 13.2. The Labute approximate surface area is 145 Å². The maximum Gasteiger partial charge on any atom is 0.418 e. The number of hydrogen-bond acceptors (Lipinski definition) is 5. The van der Waals surface area contributed by atoms with Crippen LogP contribution in [-0.2, 0) is 11.0 Å². The first-order valence-electron chi connectivity index (χ1n) is 7.47. The Hall–Kier alpha value is -3.43. The second-order valence-electron chi connectivity index (χ2n) is 5.25. The Morgan fingerprint density at radius 1 is 1.08 bits per heavy atom. The lowest BCUT2D eigenvalue weighted by atomic mass is 10.1. The largest absolute Gasteiger partial charge is 0.418 e. The summed E-state index contributed by atoms with van der Waals surface area (Å²) in [6, 6.07) is 11.7. The number of nitrogens with one attached hydrogen (secondary N) is 2. The van der Waals surface area contributed by atoms with Crippen LogP contribution in [-0.4, -0.2) is 32.7 Å². The maximum atomic E-state index is 12.9. The third kappa shape index (κ3) is 4.15. The molecule has 134 valence electrons. The Balaban J connectivity index is 1.60. The zero-order chi connectivity index (χ0) is 18.6. The molecule has 7 nitrogen and oxygen atoms in total. The maximum absolute atomic E-state index is 12.9. The number of carbonyl (C=O) groups is 1. The van der Waals surface area contributed by atoms with E-state index in [0.29, 0.717) is 5.69 Å². The molecule has 0 radical (unpaired) electrons. The van der Waals surface area contributed by atoms with Crippen LogP contribution in [0.15, 0.2) is 54.9 Å². The average molecular weight is 362 g/mol. The molecule has 0 unspecified atom stereocenters. The van der Waals surface area contributed by atoms with Crippen molar-refractivity contribution in [1.82, 2.24) is 20.2 Å². The number of para-hydroxylation sites is 1. The SMILES string of the molecule is O=C(CNc1ccc(-n2cnnn2)cc1)Nc1ccccc1C(F)(F)F. The lowest BCUT2D eigenvalue weighted by Gasteiger charge is -2.14. The van der Waals surface area contributed by atoms with Gasteiger partial charge in [-0.05, 0) is 46.8 Å². The first kappa shape index (κ1) is 17.4. The van der Waals surface area contributed by atoms with Gasteiger partial charge in [-0.1, -0.05) is 12.1 Å². The molecule has 0 aliphatic rings. The molecule has 10 heteroatoms. The van der Waals surface area contributed by atoms with Crippen LogP contribution in [0.25, 0.3) is 5.69 Å². The molecule has 0 bridgehead atoms. The van der Waals surface area contributed by atoms with Crippen molar-refractivity contribution in [2.75, 3.05) is 17.2 Å². The first-order chi connectivity index (χ1) is 12.4. The highest BCUT2D eigenvalue weighted by atomic mass is 19.4. The van der Waals surface area contributed by atoms with Gasteiger partial charge in [0.25, 0.3) is 0 Å². The van der Waals surface area contributed by atoms with Gasteiger partial charge in [-0.25, -0.2) is 4.68 Å². The van der Waals surface area contributed by atoms with Crippen LogP contribution in [0.3, 0.4) is 0 Å². The van der Waals surface area contributed by atoms with E-state index < -0.39 is 17.6 Å². The Kier molecular flexibility index (Phi) is 4.83. The molecule has 0 aliphatic carbocycles. The van der Waals surface area contributed by atoms with Crippen molar-refractivity contribution in [3.63, 3.8) is 0 Å². The summed E-state index contributed by atoms with van der Waals surface area (Å²) >= 11 is 0. The monoisotopic (exact) mass is 362 g/mol. The second-order valence-corrected chi connectivity index (χ2v) is 5.25. The number of hydrogen-bond donors (Lipinski definition) is 2. The minimum absolute atomic E-state index is 0.184. The summed E-state index contributed by atoms with van der Waals surface area (Å²) in [7, 11) is 0. The molecule has 3 aromatic rings. The van der Waals surface area contributed by atoms with E-state index in [1.54, 1.807) is 24.3 Å². The quantitative estimate of drug-likeness (QED) is 0.729. The minimum Gasteiger partial charge on any atom is -0.376 e. The standard InChI is InChI=1S/C16H13F3N6O/c17-16(18,19)13-3-1-2-4-14(13)22-15(26)9-20-11-5-7-12(8-6-11)25-10-21-23-24-25/h1-8,10,20H,9H2,(H,22,26). The number of anilines is 2. The topological polar surface area (TPSA) is 84.7 Å². The van der Waals surface area contributed by atoms with Gasteiger partial charge in [-0.3, -0.25) is 4.79 Å². The Morgan fingerprint density at radius 2 is 1.81 bits per heavy atom. The number of nitrogens with zero attached hydrogens (tertiary/aromatic N) is 4. The molecule has 3 rings (SSSR count). The number of amides is 1. The van der Waals surface area contributed by atoms with E-state index >= 15 is 0 Å². The van der Waals surface area contributed by atoms with Crippen LogP contribution in [0.2, 0.25) is 0 Å². The van der Waals surface area contributed by atoms with E-state index in [4.69, 9.17) is 0 Å². The van der Waals surface area contributed by atoms with Crippen molar-refractivity contribution in [3.8, 4) is 5.69 Å². The Morgan fingerprint density at radius 3 is 2.46 bits per heavy atom. The molecule has 0 atom stereocenters. The van der Waals surface area contributed by atoms with E-state index in [1.807, 2.05) is 0 Å². The fourth-order valence-electron chi connectivity index (χ4n) is 2.23. The highest BCUT2D eigenvalue weighted by Gasteiger charge is 2.33. The summed E-state index contributed by atoms with van der Waals surface area (Å²) in [5.41, 5.74) is 0.185. The molecular formula is C16H13F3N6O. The van der Waals surface area contributed by atoms with Crippen molar-refractivity contribution >= 4 is 17.3 Å². The molecule has 0 saturated carbocycles. The van der Waals surface area contributed by atoms with Gasteiger partial charge in [0.05, 0.1) is 23.5 Å². The fraction of sp³-hybridized carbons (Fsp3) is 0.125. The highest BCUT2D eigenvalue weighted by Crippen LogP contribution is 2.34. The van der Waals surface area contributed by atoms with Crippen LogP contribution >= 0.6 is 0 Å². The van der Waals surface area contributed by atoms with Gasteiger partial charge in [0.15, 0.2) is 0 Å². The van der Waals surface area contributed by atoms with Crippen LogP contribution in [0, 0.1) is 0 Å². The summed E-state index contributed by atoms with van der Waals surface area (Å²) in [4.78, 5) is 11.9. The highest BCUT2D eigenvalue weighted by molar-refractivity contribution is 5.94.